The van der Waals surface area contributed by atoms with Gasteiger partial charge in [0, 0.05) is 28.0 Å². The highest BCUT2D eigenvalue weighted by atomic mass is 35.5. The zero-order valence-electron chi connectivity index (χ0n) is 12.1. The number of hydrogen-bond donors (Lipinski definition) is 1. The molecule has 1 aliphatic carbocycles. The molecule has 0 saturated carbocycles. The summed E-state index contributed by atoms with van der Waals surface area (Å²) in [5, 5.41) is 2.77. The van der Waals surface area contributed by atoms with Crippen molar-refractivity contribution in [2.45, 2.75) is 25.7 Å². The normalized spacial score (nSPS) is 14.7. The summed E-state index contributed by atoms with van der Waals surface area (Å²) in [7, 11) is 0. The van der Waals surface area contributed by atoms with Crippen molar-refractivity contribution in [3.63, 3.8) is 0 Å². The Bertz CT molecular complexity index is 954. The van der Waals surface area contributed by atoms with E-state index in [1.165, 1.54) is 18.4 Å². The third kappa shape index (κ3) is 2.38. The highest BCUT2D eigenvalue weighted by molar-refractivity contribution is 6.37. The molecule has 22 heavy (non-hydrogen) atoms. The van der Waals surface area contributed by atoms with Gasteiger partial charge in [-0.2, -0.15) is 0 Å². The van der Waals surface area contributed by atoms with Crippen LogP contribution in [0.3, 0.4) is 0 Å². The maximum absolute atomic E-state index is 6.32. The van der Waals surface area contributed by atoms with Gasteiger partial charge in [-0.15, -0.1) is 0 Å². The van der Waals surface area contributed by atoms with Crippen LogP contribution in [0.15, 0.2) is 42.1 Å². The van der Waals surface area contributed by atoms with Crippen LogP contribution in [0.25, 0.3) is 21.9 Å². The van der Waals surface area contributed by atoms with Gasteiger partial charge in [-0.25, -0.2) is 4.98 Å². The lowest BCUT2D eigenvalue weighted by molar-refractivity contribution is 0.715. The first-order chi connectivity index (χ1) is 10.8. The summed E-state index contributed by atoms with van der Waals surface area (Å²) in [6.45, 7) is 0. The van der Waals surface area contributed by atoms with Gasteiger partial charge in [0.05, 0.1) is 5.02 Å². The monoisotopic (exact) mass is 306 g/mol. The zero-order valence-corrected chi connectivity index (χ0v) is 12.9. The SMILES string of the molecule is Clc1ccnc2[nH]c3ccc(C#CC4=CCCCC4)cc3c12. The van der Waals surface area contributed by atoms with Crippen LogP contribution in [0.1, 0.15) is 31.2 Å². The quantitative estimate of drug-likeness (QED) is 0.567. The van der Waals surface area contributed by atoms with Gasteiger partial charge in [0.2, 0.25) is 0 Å². The Labute approximate surface area is 134 Å². The standard InChI is InChI=1S/C19H15ClN2/c20-16-10-11-21-19-18(16)15-12-14(8-9-17(15)22-19)7-6-13-4-2-1-3-5-13/h4,8-12H,1-3,5H2,(H,21,22). The molecule has 2 nitrogen and oxygen atoms in total. The Morgan fingerprint density at radius 1 is 1.14 bits per heavy atom. The molecule has 1 aliphatic rings. The number of pyridine rings is 1. The van der Waals surface area contributed by atoms with Crippen LogP contribution in [0, 0.1) is 11.8 Å². The summed E-state index contributed by atoms with van der Waals surface area (Å²) in [4.78, 5) is 7.64. The molecule has 1 aromatic carbocycles. The average molecular weight is 307 g/mol. The molecule has 0 aliphatic heterocycles. The van der Waals surface area contributed by atoms with Crippen LogP contribution < -0.4 is 0 Å². The lowest BCUT2D eigenvalue weighted by atomic mass is 10.00. The van der Waals surface area contributed by atoms with Gasteiger partial charge >= 0.3 is 0 Å². The molecule has 0 unspecified atom stereocenters. The number of allylic oxidation sites excluding steroid dienone is 2. The van der Waals surface area contributed by atoms with E-state index in [0.717, 1.165) is 45.4 Å². The van der Waals surface area contributed by atoms with E-state index in [9.17, 15) is 0 Å². The lowest BCUT2D eigenvalue weighted by Gasteiger charge is -2.05. The van der Waals surface area contributed by atoms with Crippen LogP contribution in [0.2, 0.25) is 5.02 Å². The molecule has 0 saturated heterocycles. The highest BCUT2D eigenvalue weighted by Gasteiger charge is 2.08. The number of halogens is 1. The Morgan fingerprint density at radius 2 is 2.09 bits per heavy atom. The minimum atomic E-state index is 0.719. The number of aromatic amines is 1. The number of fused-ring (bicyclic) bond motifs is 3. The molecule has 2 aromatic heterocycles. The van der Waals surface area contributed by atoms with Crippen molar-refractivity contribution in [3.05, 3.63) is 52.7 Å². The summed E-state index contributed by atoms with van der Waals surface area (Å²) in [6, 6.07) is 8.01. The van der Waals surface area contributed by atoms with E-state index in [-0.39, 0.29) is 0 Å². The van der Waals surface area contributed by atoms with Crippen LogP contribution >= 0.6 is 11.6 Å². The van der Waals surface area contributed by atoms with Gasteiger partial charge in [0.1, 0.15) is 5.65 Å². The van der Waals surface area contributed by atoms with E-state index in [0.29, 0.717) is 0 Å². The molecule has 0 fully saturated rings. The van der Waals surface area contributed by atoms with Crippen molar-refractivity contribution in [3.8, 4) is 11.8 Å². The Balaban J connectivity index is 1.82. The molecule has 4 rings (SSSR count). The summed E-state index contributed by atoms with van der Waals surface area (Å²) >= 11 is 6.32. The van der Waals surface area contributed by atoms with Gasteiger partial charge in [-0.05, 0) is 55.5 Å². The van der Waals surface area contributed by atoms with Crippen molar-refractivity contribution in [2.24, 2.45) is 0 Å². The number of nitrogens with one attached hydrogen (secondary N) is 1. The van der Waals surface area contributed by atoms with Crippen molar-refractivity contribution < 1.29 is 0 Å². The minimum absolute atomic E-state index is 0.719. The molecule has 108 valence electrons. The fourth-order valence-electron chi connectivity index (χ4n) is 2.96. The molecule has 3 heteroatoms. The van der Waals surface area contributed by atoms with Crippen molar-refractivity contribution in [1.29, 1.82) is 0 Å². The molecular formula is C19H15ClN2. The van der Waals surface area contributed by atoms with E-state index in [1.807, 2.05) is 18.2 Å². The maximum Gasteiger partial charge on any atom is 0.139 e. The summed E-state index contributed by atoms with van der Waals surface area (Å²) in [5.74, 6) is 6.59. The second-order valence-electron chi connectivity index (χ2n) is 5.63. The number of benzene rings is 1. The molecule has 2 heterocycles. The third-order valence-electron chi connectivity index (χ3n) is 4.10. The number of nitrogens with zero attached hydrogens (tertiary/aromatic N) is 1. The van der Waals surface area contributed by atoms with Crippen molar-refractivity contribution in [1.82, 2.24) is 9.97 Å². The van der Waals surface area contributed by atoms with Crippen LogP contribution in [0.4, 0.5) is 0 Å². The second kappa shape index (κ2) is 5.51. The number of hydrogen-bond acceptors (Lipinski definition) is 1. The molecule has 1 N–H and O–H groups in total. The first kappa shape index (κ1) is 13.4. The summed E-state index contributed by atoms with van der Waals surface area (Å²) < 4.78 is 0. The highest BCUT2D eigenvalue weighted by Crippen LogP contribution is 2.30. The molecule has 0 bridgehead atoms. The zero-order chi connectivity index (χ0) is 14.9. The third-order valence-corrected chi connectivity index (χ3v) is 4.42. The van der Waals surface area contributed by atoms with Crippen molar-refractivity contribution >= 4 is 33.5 Å². The Kier molecular flexibility index (Phi) is 3.36. The fourth-order valence-corrected chi connectivity index (χ4v) is 3.21. The van der Waals surface area contributed by atoms with Gasteiger partial charge in [0.25, 0.3) is 0 Å². The topological polar surface area (TPSA) is 28.7 Å². The van der Waals surface area contributed by atoms with Gasteiger partial charge < -0.3 is 4.98 Å². The van der Waals surface area contributed by atoms with E-state index in [4.69, 9.17) is 11.6 Å². The first-order valence-electron chi connectivity index (χ1n) is 7.58. The Morgan fingerprint density at radius 3 is 2.95 bits per heavy atom. The van der Waals surface area contributed by atoms with E-state index < -0.39 is 0 Å². The van der Waals surface area contributed by atoms with Gasteiger partial charge in [-0.3, -0.25) is 0 Å². The van der Waals surface area contributed by atoms with E-state index >= 15 is 0 Å². The number of rotatable bonds is 0. The molecule has 0 radical (unpaired) electrons. The minimum Gasteiger partial charge on any atom is -0.339 e. The summed E-state index contributed by atoms with van der Waals surface area (Å²) in [5.41, 5.74) is 4.14. The lowest BCUT2D eigenvalue weighted by Crippen LogP contribution is -1.88. The van der Waals surface area contributed by atoms with Crippen LogP contribution in [0.5, 0.6) is 0 Å². The number of H-pyrrole nitrogens is 1. The van der Waals surface area contributed by atoms with Crippen molar-refractivity contribution in [2.75, 3.05) is 0 Å². The van der Waals surface area contributed by atoms with Gasteiger partial charge in [0.15, 0.2) is 0 Å². The predicted molar refractivity (Wildman–Crippen MR) is 92.0 cm³/mol. The predicted octanol–water partition coefficient (Wildman–Crippen LogP) is 5.22. The molecule has 0 spiro atoms. The molecule has 0 atom stereocenters. The number of aromatic nitrogens is 2. The van der Waals surface area contributed by atoms with Crippen LogP contribution in [-0.4, -0.2) is 9.97 Å². The van der Waals surface area contributed by atoms with Gasteiger partial charge in [-0.1, -0.05) is 29.5 Å². The molecule has 0 amide bonds. The molecule has 3 aromatic rings. The summed E-state index contributed by atoms with van der Waals surface area (Å²) in [6.07, 6.45) is 8.80. The average Bonchev–Trinajstić information content (AvgIpc) is 2.93. The fraction of sp³-hybridized carbons (Fsp3) is 0.211. The van der Waals surface area contributed by atoms with Crippen LogP contribution in [-0.2, 0) is 0 Å². The Hall–Kier alpha value is -2.24. The van der Waals surface area contributed by atoms with E-state index in [1.54, 1.807) is 6.20 Å². The van der Waals surface area contributed by atoms with E-state index in [2.05, 4.69) is 34.0 Å². The smallest absolute Gasteiger partial charge is 0.139 e. The molecular weight excluding hydrogens is 292 g/mol. The maximum atomic E-state index is 6.32. The first-order valence-corrected chi connectivity index (χ1v) is 7.96. The second-order valence-corrected chi connectivity index (χ2v) is 6.03. The largest absolute Gasteiger partial charge is 0.339 e.